The highest BCUT2D eigenvalue weighted by molar-refractivity contribution is 7.91. The van der Waals surface area contributed by atoms with Crippen molar-refractivity contribution in [2.45, 2.75) is 12.5 Å². The molecule has 128 valence electrons. The molecule has 2 aromatic rings. The SMILES string of the molecule is CN(c1nccc(Nc2cccc(Cl)c2Cl)n1)C1CCS(=O)(=O)C1. The first-order chi connectivity index (χ1) is 11.4. The lowest BCUT2D eigenvalue weighted by Crippen LogP contribution is -2.33. The molecule has 1 N–H and O–H groups in total. The molecule has 0 spiro atoms. The van der Waals surface area contributed by atoms with Gasteiger partial charge < -0.3 is 10.2 Å². The Balaban J connectivity index is 1.80. The van der Waals surface area contributed by atoms with Crippen molar-refractivity contribution in [3.8, 4) is 0 Å². The second-order valence-corrected chi connectivity index (χ2v) is 8.65. The molecule has 0 bridgehead atoms. The van der Waals surface area contributed by atoms with Gasteiger partial charge in [-0.15, -0.1) is 0 Å². The van der Waals surface area contributed by atoms with Gasteiger partial charge in [0.15, 0.2) is 9.84 Å². The molecule has 3 rings (SSSR count). The van der Waals surface area contributed by atoms with E-state index in [1.165, 1.54) is 0 Å². The molecule has 1 unspecified atom stereocenters. The third kappa shape index (κ3) is 3.74. The van der Waals surface area contributed by atoms with Gasteiger partial charge in [-0.05, 0) is 24.6 Å². The van der Waals surface area contributed by atoms with Crippen molar-refractivity contribution in [1.29, 1.82) is 0 Å². The van der Waals surface area contributed by atoms with Gasteiger partial charge in [0.25, 0.3) is 0 Å². The van der Waals surface area contributed by atoms with Crippen molar-refractivity contribution in [1.82, 2.24) is 9.97 Å². The molecule has 1 aromatic carbocycles. The van der Waals surface area contributed by atoms with Crippen LogP contribution in [-0.2, 0) is 9.84 Å². The summed E-state index contributed by atoms with van der Waals surface area (Å²) in [6.45, 7) is 0. The molecular weight excluding hydrogens is 371 g/mol. The van der Waals surface area contributed by atoms with Crippen molar-refractivity contribution in [3.63, 3.8) is 0 Å². The summed E-state index contributed by atoms with van der Waals surface area (Å²) in [4.78, 5) is 10.5. The van der Waals surface area contributed by atoms with E-state index in [-0.39, 0.29) is 17.5 Å². The van der Waals surface area contributed by atoms with Gasteiger partial charge in [-0.3, -0.25) is 0 Å². The summed E-state index contributed by atoms with van der Waals surface area (Å²) < 4.78 is 23.3. The van der Waals surface area contributed by atoms with Crippen LogP contribution in [0.4, 0.5) is 17.5 Å². The van der Waals surface area contributed by atoms with E-state index in [1.807, 2.05) is 0 Å². The van der Waals surface area contributed by atoms with Gasteiger partial charge in [0.05, 0.1) is 27.2 Å². The van der Waals surface area contributed by atoms with E-state index in [1.54, 1.807) is 42.4 Å². The molecule has 9 heteroatoms. The maximum Gasteiger partial charge on any atom is 0.227 e. The third-order valence-electron chi connectivity index (χ3n) is 3.93. The zero-order chi connectivity index (χ0) is 17.3. The molecule has 2 heterocycles. The fraction of sp³-hybridized carbons (Fsp3) is 0.333. The number of hydrogen-bond acceptors (Lipinski definition) is 6. The van der Waals surface area contributed by atoms with Crippen molar-refractivity contribution >= 4 is 50.5 Å². The molecule has 6 nitrogen and oxygen atoms in total. The minimum absolute atomic E-state index is 0.111. The number of aromatic nitrogens is 2. The second kappa shape index (κ2) is 6.74. The molecule has 1 fully saturated rings. The summed E-state index contributed by atoms with van der Waals surface area (Å²) in [6.07, 6.45) is 2.20. The topological polar surface area (TPSA) is 75.2 Å². The molecule has 1 saturated heterocycles. The minimum Gasteiger partial charge on any atom is -0.340 e. The van der Waals surface area contributed by atoms with Crippen molar-refractivity contribution in [3.05, 3.63) is 40.5 Å². The highest BCUT2D eigenvalue weighted by Crippen LogP contribution is 2.31. The predicted molar refractivity (Wildman–Crippen MR) is 97.2 cm³/mol. The second-order valence-electron chi connectivity index (χ2n) is 5.64. The van der Waals surface area contributed by atoms with E-state index in [9.17, 15) is 8.42 Å². The van der Waals surface area contributed by atoms with Gasteiger partial charge >= 0.3 is 0 Å². The van der Waals surface area contributed by atoms with Gasteiger partial charge in [0, 0.05) is 19.3 Å². The average molecular weight is 387 g/mol. The Kier molecular flexibility index (Phi) is 4.85. The number of anilines is 3. The van der Waals surface area contributed by atoms with Crippen LogP contribution in [0.15, 0.2) is 30.5 Å². The monoisotopic (exact) mass is 386 g/mol. The zero-order valence-corrected chi connectivity index (χ0v) is 15.2. The lowest BCUT2D eigenvalue weighted by atomic mass is 10.2. The van der Waals surface area contributed by atoms with Crippen LogP contribution in [0.25, 0.3) is 0 Å². The molecule has 0 radical (unpaired) electrons. The van der Waals surface area contributed by atoms with Crippen LogP contribution in [0.1, 0.15) is 6.42 Å². The van der Waals surface area contributed by atoms with Crippen LogP contribution >= 0.6 is 23.2 Å². The van der Waals surface area contributed by atoms with Crippen LogP contribution in [0.5, 0.6) is 0 Å². The first-order valence-electron chi connectivity index (χ1n) is 7.33. The fourth-order valence-corrected chi connectivity index (χ4v) is 4.69. The molecule has 24 heavy (non-hydrogen) atoms. The third-order valence-corrected chi connectivity index (χ3v) is 6.50. The van der Waals surface area contributed by atoms with Crippen LogP contribution in [0.3, 0.4) is 0 Å². The normalized spacial score (nSPS) is 19.2. The molecule has 1 aromatic heterocycles. The van der Waals surface area contributed by atoms with E-state index in [4.69, 9.17) is 23.2 Å². The summed E-state index contributed by atoms with van der Waals surface area (Å²) >= 11 is 12.2. The van der Waals surface area contributed by atoms with Gasteiger partial charge in [0.1, 0.15) is 5.82 Å². The summed E-state index contributed by atoms with van der Waals surface area (Å²) in [6, 6.07) is 6.88. The highest BCUT2D eigenvalue weighted by Gasteiger charge is 2.31. The predicted octanol–water partition coefficient (Wildman–Crippen LogP) is 3.15. The number of nitrogens with one attached hydrogen (secondary N) is 1. The highest BCUT2D eigenvalue weighted by atomic mass is 35.5. The number of rotatable bonds is 4. The van der Waals surface area contributed by atoms with E-state index in [2.05, 4.69) is 15.3 Å². The molecular formula is C15H16Cl2N4O2S. The first-order valence-corrected chi connectivity index (χ1v) is 9.91. The maximum atomic E-state index is 11.6. The van der Waals surface area contributed by atoms with Crippen LogP contribution in [0, 0.1) is 0 Å². The van der Waals surface area contributed by atoms with E-state index in [0.29, 0.717) is 33.9 Å². The van der Waals surface area contributed by atoms with Crippen LogP contribution < -0.4 is 10.2 Å². The largest absolute Gasteiger partial charge is 0.340 e. The van der Waals surface area contributed by atoms with Gasteiger partial charge in [-0.2, -0.15) is 4.98 Å². The number of sulfone groups is 1. The Bertz CT molecular complexity index is 860. The first kappa shape index (κ1) is 17.3. The van der Waals surface area contributed by atoms with E-state index in [0.717, 1.165) is 0 Å². The zero-order valence-electron chi connectivity index (χ0n) is 12.9. The number of benzene rings is 1. The molecule has 1 aliphatic heterocycles. The summed E-state index contributed by atoms with van der Waals surface area (Å²) in [5.41, 5.74) is 0.639. The Morgan fingerprint density at radius 3 is 2.79 bits per heavy atom. The average Bonchev–Trinajstić information content (AvgIpc) is 2.91. The number of nitrogens with zero attached hydrogens (tertiary/aromatic N) is 3. The molecule has 0 amide bonds. The standard InChI is InChI=1S/C15H16Cl2N4O2S/c1-21(10-6-8-24(22,23)9-10)15-18-7-5-13(20-15)19-12-4-2-3-11(16)14(12)17/h2-5,7,10H,6,8-9H2,1H3,(H,18,19,20). The lowest BCUT2D eigenvalue weighted by Gasteiger charge is -2.23. The summed E-state index contributed by atoms with van der Waals surface area (Å²) in [5, 5.41) is 3.96. The van der Waals surface area contributed by atoms with Crippen LogP contribution in [-0.4, -0.2) is 43.0 Å². The maximum absolute atomic E-state index is 11.6. The Morgan fingerprint density at radius 2 is 2.08 bits per heavy atom. The van der Waals surface area contributed by atoms with Gasteiger partial charge in [-0.25, -0.2) is 13.4 Å². The number of halogens is 2. The lowest BCUT2D eigenvalue weighted by molar-refractivity contribution is 0.600. The fourth-order valence-electron chi connectivity index (χ4n) is 2.57. The summed E-state index contributed by atoms with van der Waals surface area (Å²) in [5.74, 6) is 1.35. The number of hydrogen-bond donors (Lipinski definition) is 1. The van der Waals surface area contributed by atoms with Gasteiger partial charge in [-0.1, -0.05) is 29.3 Å². The van der Waals surface area contributed by atoms with E-state index >= 15 is 0 Å². The van der Waals surface area contributed by atoms with Crippen molar-refractivity contribution in [2.75, 3.05) is 28.8 Å². The van der Waals surface area contributed by atoms with E-state index < -0.39 is 9.84 Å². The molecule has 1 aliphatic rings. The quantitative estimate of drug-likeness (QED) is 0.869. The molecule has 0 saturated carbocycles. The van der Waals surface area contributed by atoms with Crippen molar-refractivity contribution < 1.29 is 8.42 Å². The van der Waals surface area contributed by atoms with Crippen molar-refractivity contribution in [2.24, 2.45) is 0 Å². The molecule has 1 atom stereocenters. The Morgan fingerprint density at radius 1 is 1.29 bits per heavy atom. The Hall–Kier alpha value is -1.57. The Labute approximate surface area is 150 Å². The minimum atomic E-state index is -2.96. The van der Waals surface area contributed by atoms with Gasteiger partial charge in [0.2, 0.25) is 5.95 Å². The summed E-state index contributed by atoms with van der Waals surface area (Å²) in [7, 11) is -1.16. The smallest absolute Gasteiger partial charge is 0.227 e. The van der Waals surface area contributed by atoms with Crippen LogP contribution in [0.2, 0.25) is 10.0 Å². The molecule has 0 aliphatic carbocycles.